The minimum Gasteiger partial charge on any atom is -0.382 e. The van der Waals surface area contributed by atoms with Gasteiger partial charge in [0.2, 0.25) is 0 Å². The normalized spacial score (nSPS) is 10.8. The minimum atomic E-state index is -0.239. The lowest BCUT2D eigenvalue weighted by molar-refractivity contribution is -0.137. The molecule has 1 N–H and O–H groups in total. The highest BCUT2D eigenvalue weighted by Gasteiger charge is 2.07. The molecular weight excluding hydrogens is 221 g/mol. The zero-order valence-corrected chi connectivity index (χ0v) is 10.4. The molecule has 0 saturated heterocycles. The second kappa shape index (κ2) is 8.03. The molecule has 0 radical (unpaired) electrons. The summed E-state index contributed by atoms with van der Waals surface area (Å²) in [7, 11) is 0. The van der Waals surface area contributed by atoms with Gasteiger partial charge in [0.15, 0.2) is 6.29 Å². The first-order valence-electron chi connectivity index (χ1n) is 5.99. The van der Waals surface area contributed by atoms with Crippen LogP contribution in [0.25, 0.3) is 0 Å². The summed E-state index contributed by atoms with van der Waals surface area (Å²) in [4.78, 5) is 0. The second-order valence-electron chi connectivity index (χ2n) is 3.54. The lowest BCUT2D eigenvalue weighted by Gasteiger charge is -2.17. The Morgan fingerprint density at radius 2 is 1.82 bits per heavy atom. The van der Waals surface area contributed by atoms with Crippen LogP contribution in [0.1, 0.15) is 20.3 Å². The van der Waals surface area contributed by atoms with Crippen molar-refractivity contribution in [2.24, 2.45) is 0 Å². The van der Waals surface area contributed by atoms with Crippen LogP contribution in [0.5, 0.6) is 0 Å². The van der Waals surface area contributed by atoms with Crippen molar-refractivity contribution in [1.82, 2.24) is 0 Å². The molecule has 0 bridgehead atoms. The van der Waals surface area contributed by atoms with Gasteiger partial charge in [0, 0.05) is 26.2 Å². The summed E-state index contributed by atoms with van der Waals surface area (Å²) in [5, 5.41) is 3.03. The van der Waals surface area contributed by atoms with E-state index in [9.17, 15) is 4.39 Å². The van der Waals surface area contributed by atoms with Crippen molar-refractivity contribution < 1.29 is 13.9 Å². The smallest absolute Gasteiger partial charge is 0.159 e. The fraction of sp³-hybridized carbons (Fsp3) is 0.538. The van der Waals surface area contributed by atoms with E-state index in [1.54, 1.807) is 18.2 Å². The van der Waals surface area contributed by atoms with Gasteiger partial charge in [-0.2, -0.15) is 0 Å². The average Bonchev–Trinajstić information content (AvgIpc) is 2.32. The van der Waals surface area contributed by atoms with Gasteiger partial charge < -0.3 is 14.8 Å². The molecule has 0 atom stereocenters. The third-order valence-electron chi connectivity index (χ3n) is 2.27. The SMILES string of the molecule is CCOC(CCNc1ccccc1F)OCC. The topological polar surface area (TPSA) is 30.5 Å². The molecule has 1 aromatic carbocycles. The van der Waals surface area contributed by atoms with Crippen molar-refractivity contribution in [3.05, 3.63) is 30.1 Å². The van der Waals surface area contributed by atoms with E-state index in [1.807, 2.05) is 13.8 Å². The first kappa shape index (κ1) is 13.9. The summed E-state index contributed by atoms with van der Waals surface area (Å²) in [6, 6.07) is 6.62. The number of rotatable bonds is 8. The van der Waals surface area contributed by atoms with Crippen LogP contribution in [0, 0.1) is 5.82 Å². The predicted molar refractivity (Wildman–Crippen MR) is 66.5 cm³/mol. The molecule has 0 spiro atoms. The van der Waals surface area contributed by atoms with Crippen molar-refractivity contribution in [2.45, 2.75) is 26.6 Å². The van der Waals surface area contributed by atoms with Crippen LogP contribution in [0.3, 0.4) is 0 Å². The van der Waals surface area contributed by atoms with Crippen LogP contribution in [-0.2, 0) is 9.47 Å². The molecule has 0 aromatic heterocycles. The standard InChI is InChI=1S/C13H20FNO2/c1-3-16-13(17-4-2)9-10-15-12-8-6-5-7-11(12)14/h5-8,13,15H,3-4,9-10H2,1-2H3. The molecule has 4 heteroatoms. The molecule has 0 aliphatic heterocycles. The molecule has 0 unspecified atom stereocenters. The molecule has 96 valence electrons. The Labute approximate surface area is 102 Å². The van der Waals surface area contributed by atoms with Gasteiger partial charge in [0.1, 0.15) is 5.82 Å². The number of anilines is 1. The van der Waals surface area contributed by atoms with E-state index in [0.29, 0.717) is 31.9 Å². The molecular formula is C13H20FNO2. The van der Waals surface area contributed by atoms with Crippen molar-refractivity contribution in [2.75, 3.05) is 25.1 Å². The van der Waals surface area contributed by atoms with E-state index in [2.05, 4.69) is 5.32 Å². The predicted octanol–water partition coefficient (Wildman–Crippen LogP) is 3.03. The monoisotopic (exact) mass is 241 g/mol. The third-order valence-corrected chi connectivity index (χ3v) is 2.27. The lowest BCUT2D eigenvalue weighted by atomic mass is 10.3. The summed E-state index contributed by atoms with van der Waals surface area (Å²) < 4.78 is 24.1. The largest absolute Gasteiger partial charge is 0.382 e. The van der Waals surface area contributed by atoms with Gasteiger partial charge in [-0.15, -0.1) is 0 Å². The van der Waals surface area contributed by atoms with Gasteiger partial charge in [-0.05, 0) is 26.0 Å². The van der Waals surface area contributed by atoms with Crippen LogP contribution in [0.2, 0.25) is 0 Å². The molecule has 17 heavy (non-hydrogen) atoms. The van der Waals surface area contributed by atoms with Crippen LogP contribution < -0.4 is 5.32 Å². The van der Waals surface area contributed by atoms with Crippen molar-refractivity contribution in [3.63, 3.8) is 0 Å². The number of nitrogens with one attached hydrogen (secondary N) is 1. The third kappa shape index (κ3) is 5.15. The van der Waals surface area contributed by atoms with Gasteiger partial charge in [-0.3, -0.25) is 0 Å². The Bertz CT molecular complexity index is 314. The Hall–Kier alpha value is -1.13. The Morgan fingerprint density at radius 3 is 2.41 bits per heavy atom. The lowest BCUT2D eigenvalue weighted by Crippen LogP contribution is -2.21. The summed E-state index contributed by atoms with van der Waals surface area (Å²) in [5.74, 6) is -0.239. The van der Waals surface area contributed by atoms with E-state index in [0.717, 1.165) is 0 Å². The minimum absolute atomic E-state index is 0.218. The zero-order valence-electron chi connectivity index (χ0n) is 10.4. The number of hydrogen-bond donors (Lipinski definition) is 1. The van der Waals surface area contributed by atoms with Crippen LogP contribution >= 0.6 is 0 Å². The fourth-order valence-electron chi connectivity index (χ4n) is 1.52. The van der Waals surface area contributed by atoms with Gasteiger partial charge >= 0.3 is 0 Å². The average molecular weight is 241 g/mol. The number of hydrogen-bond acceptors (Lipinski definition) is 3. The highest BCUT2D eigenvalue weighted by molar-refractivity contribution is 5.44. The number of ether oxygens (including phenoxy) is 2. The molecule has 0 heterocycles. The number of halogens is 1. The molecule has 0 saturated carbocycles. The van der Waals surface area contributed by atoms with Crippen molar-refractivity contribution >= 4 is 5.69 Å². The van der Waals surface area contributed by atoms with Crippen LogP contribution in [0.15, 0.2) is 24.3 Å². The summed E-state index contributed by atoms with van der Waals surface area (Å²) in [6.45, 7) is 5.70. The van der Waals surface area contributed by atoms with E-state index in [1.165, 1.54) is 6.07 Å². The molecule has 0 aliphatic rings. The highest BCUT2D eigenvalue weighted by atomic mass is 19.1. The Balaban J connectivity index is 2.33. The molecule has 1 rings (SSSR count). The maximum Gasteiger partial charge on any atom is 0.159 e. The highest BCUT2D eigenvalue weighted by Crippen LogP contribution is 2.12. The summed E-state index contributed by atoms with van der Waals surface area (Å²) in [6.07, 6.45) is 0.472. The van der Waals surface area contributed by atoms with E-state index in [-0.39, 0.29) is 12.1 Å². The molecule has 1 aromatic rings. The zero-order chi connectivity index (χ0) is 12.5. The van der Waals surface area contributed by atoms with Crippen molar-refractivity contribution in [3.8, 4) is 0 Å². The number of para-hydroxylation sites is 1. The van der Waals surface area contributed by atoms with Gasteiger partial charge in [0.05, 0.1) is 5.69 Å². The summed E-state index contributed by atoms with van der Waals surface area (Å²) in [5.41, 5.74) is 0.513. The first-order chi connectivity index (χ1) is 8.27. The first-order valence-corrected chi connectivity index (χ1v) is 5.99. The second-order valence-corrected chi connectivity index (χ2v) is 3.54. The maximum absolute atomic E-state index is 13.3. The molecule has 0 fully saturated rings. The molecule has 0 aliphatic carbocycles. The Kier molecular flexibility index (Phi) is 6.58. The van der Waals surface area contributed by atoms with E-state index in [4.69, 9.17) is 9.47 Å². The van der Waals surface area contributed by atoms with E-state index < -0.39 is 0 Å². The quantitative estimate of drug-likeness (QED) is 0.710. The molecule has 0 amide bonds. The molecule has 3 nitrogen and oxygen atoms in total. The van der Waals surface area contributed by atoms with Gasteiger partial charge in [-0.1, -0.05) is 12.1 Å². The number of benzene rings is 1. The fourth-order valence-corrected chi connectivity index (χ4v) is 1.52. The Morgan fingerprint density at radius 1 is 1.18 bits per heavy atom. The van der Waals surface area contributed by atoms with E-state index >= 15 is 0 Å². The van der Waals surface area contributed by atoms with Gasteiger partial charge in [-0.25, -0.2) is 4.39 Å². The van der Waals surface area contributed by atoms with Crippen LogP contribution in [-0.4, -0.2) is 26.0 Å². The summed E-state index contributed by atoms with van der Waals surface area (Å²) >= 11 is 0. The van der Waals surface area contributed by atoms with Gasteiger partial charge in [0.25, 0.3) is 0 Å². The van der Waals surface area contributed by atoms with Crippen LogP contribution in [0.4, 0.5) is 10.1 Å². The maximum atomic E-state index is 13.3. The van der Waals surface area contributed by atoms with Crippen molar-refractivity contribution in [1.29, 1.82) is 0 Å².